The molecular formula is C15H16ClN3O. The molecule has 1 aliphatic rings. The highest BCUT2D eigenvalue weighted by atomic mass is 35.5. The number of anilines is 1. The molecule has 0 radical (unpaired) electrons. The number of aromatic nitrogens is 2. The van der Waals surface area contributed by atoms with Crippen molar-refractivity contribution < 1.29 is 4.74 Å². The Morgan fingerprint density at radius 3 is 2.90 bits per heavy atom. The highest BCUT2D eigenvalue weighted by Gasteiger charge is 2.22. The van der Waals surface area contributed by atoms with Gasteiger partial charge in [-0.1, -0.05) is 11.6 Å². The van der Waals surface area contributed by atoms with Crippen molar-refractivity contribution in [3.05, 3.63) is 48.0 Å². The number of piperidine rings is 1. The molecule has 1 atom stereocenters. The lowest BCUT2D eigenvalue weighted by Crippen LogP contribution is -2.41. The Labute approximate surface area is 123 Å². The topological polar surface area (TPSA) is 38.2 Å². The van der Waals surface area contributed by atoms with Crippen LogP contribution in [-0.2, 0) is 0 Å². The van der Waals surface area contributed by atoms with E-state index in [0.29, 0.717) is 5.02 Å². The van der Waals surface area contributed by atoms with Crippen LogP contribution in [0, 0.1) is 0 Å². The molecule has 0 aromatic carbocycles. The van der Waals surface area contributed by atoms with Crippen LogP contribution in [0.3, 0.4) is 0 Å². The average Bonchev–Trinajstić information content (AvgIpc) is 2.49. The van der Waals surface area contributed by atoms with Crippen LogP contribution in [0.15, 0.2) is 43.0 Å². The third-order valence-corrected chi connectivity index (χ3v) is 3.70. The van der Waals surface area contributed by atoms with Crippen LogP contribution in [0.25, 0.3) is 0 Å². The first-order valence-electron chi connectivity index (χ1n) is 6.74. The minimum atomic E-state index is 0.164. The van der Waals surface area contributed by atoms with Gasteiger partial charge in [-0.2, -0.15) is 0 Å². The number of pyridine rings is 2. The zero-order chi connectivity index (χ0) is 13.8. The molecule has 1 unspecified atom stereocenters. The van der Waals surface area contributed by atoms with Gasteiger partial charge in [-0.3, -0.25) is 9.97 Å². The Morgan fingerprint density at radius 2 is 2.10 bits per heavy atom. The predicted molar refractivity (Wildman–Crippen MR) is 79.3 cm³/mol. The summed E-state index contributed by atoms with van der Waals surface area (Å²) in [5.41, 5.74) is 1.03. The molecule has 3 rings (SSSR count). The second-order valence-electron chi connectivity index (χ2n) is 4.84. The maximum absolute atomic E-state index is 6.21. The van der Waals surface area contributed by atoms with E-state index in [-0.39, 0.29) is 6.10 Å². The number of ether oxygens (including phenoxy) is 1. The lowest BCUT2D eigenvalue weighted by atomic mass is 10.1. The third-order valence-electron chi connectivity index (χ3n) is 3.41. The molecular weight excluding hydrogens is 274 g/mol. The Morgan fingerprint density at radius 1 is 1.20 bits per heavy atom. The summed E-state index contributed by atoms with van der Waals surface area (Å²) in [6.45, 7) is 1.83. The predicted octanol–water partition coefficient (Wildman–Crippen LogP) is 3.18. The Kier molecular flexibility index (Phi) is 4.02. The van der Waals surface area contributed by atoms with Crippen LogP contribution in [0.1, 0.15) is 12.8 Å². The van der Waals surface area contributed by atoms with Crippen LogP contribution in [0.5, 0.6) is 5.75 Å². The summed E-state index contributed by atoms with van der Waals surface area (Å²) in [4.78, 5) is 10.4. The van der Waals surface area contributed by atoms with E-state index in [1.165, 1.54) is 0 Å². The number of hydrogen-bond donors (Lipinski definition) is 0. The summed E-state index contributed by atoms with van der Waals surface area (Å²) >= 11 is 6.21. The standard InChI is InChI=1S/C15H16ClN3O/c16-14-10-18-7-5-15(14)19-8-2-4-13(11-19)20-12-3-1-6-17-9-12/h1,3,5-7,9-10,13H,2,4,8,11H2. The first-order valence-corrected chi connectivity index (χ1v) is 7.12. The fourth-order valence-corrected chi connectivity index (χ4v) is 2.73. The molecule has 0 spiro atoms. The van der Waals surface area contributed by atoms with Gasteiger partial charge in [-0.05, 0) is 31.0 Å². The first-order chi connectivity index (χ1) is 9.83. The molecule has 0 saturated carbocycles. The lowest BCUT2D eigenvalue weighted by molar-refractivity contribution is 0.179. The molecule has 0 amide bonds. The Balaban J connectivity index is 1.69. The van der Waals surface area contributed by atoms with Crippen LogP contribution in [0.2, 0.25) is 5.02 Å². The van der Waals surface area contributed by atoms with Gasteiger partial charge in [0.05, 0.1) is 23.5 Å². The van der Waals surface area contributed by atoms with Gasteiger partial charge in [0, 0.05) is 25.1 Å². The highest BCUT2D eigenvalue weighted by Crippen LogP contribution is 2.28. The van der Waals surface area contributed by atoms with Crippen molar-refractivity contribution in [2.24, 2.45) is 0 Å². The summed E-state index contributed by atoms with van der Waals surface area (Å²) in [6, 6.07) is 5.77. The van der Waals surface area contributed by atoms with Crippen molar-refractivity contribution >= 4 is 17.3 Å². The van der Waals surface area contributed by atoms with Crippen molar-refractivity contribution in [3.63, 3.8) is 0 Å². The zero-order valence-electron chi connectivity index (χ0n) is 11.1. The van der Waals surface area contributed by atoms with Crippen LogP contribution in [-0.4, -0.2) is 29.2 Å². The monoisotopic (exact) mass is 289 g/mol. The fraction of sp³-hybridized carbons (Fsp3) is 0.333. The molecule has 0 N–H and O–H groups in total. The van der Waals surface area contributed by atoms with E-state index in [1.54, 1.807) is 24.8 Å². The molecule has 3 heterocycles. The molecule has 1 fully saturated rings. The summed E-state index contributed by atoms with van der Waals surface area (Å²) < 4.78 is 5.98. The van der Waals surface area contributed by atoms with Crippen molar-refractivity contribution in [1.29, 1.82) is 0 Å². The molecule has 1 aliphatic heterocycles. The Hall–Kier alpha value is -1.81. The second-order valence-corrected chi connectivity index (χ2v) is 5.25. The van der Waals surface area contributed by atoms with E-state index < -0.39 is 0 Å². The molecule has 5 heteroatoms. The Bertz CT molecular complexity index is 564. The molecule has 2 aromatic rings. The third kappa shape index (κ3) is 3.02. The summed E-state index contributed by atoms with van der Waals surface area (Å²) in [5, 5.41) is 0.689. The number of rotatable bonds is 3. The van der Waals surface area contributed by atoms with Crippen molar-refractivity contribution in [3.8, 4) is 5.75 Å². The maximum atomic E-state index is 6.21. The second kappa shape index (κ2) is 6.09. The van der Waals surface area contributed by atoms with Gasteiger partial charge in [0.25, 0.3) is 0 Å². The maximum Gasteiger partial charge on any atom is 0.138 e. The van der Waals surface area contributed by atoms with Gasteiger partial charge in [-0.25, -0.2) is 0 Å². The SMILES string of the molecule is Clc1cnccc1N1CCCC(Oc2cccnc2)C1. The van der Waals surface area contributed by atoms with Crippen LogP contribution in [0.4, 0.5) is 5.69 Å². The summed E-state index contributed by atoms with van der Waals surface area (Å²) in [6.07, 6.45) is 9.25. The van der Waals surface area contributed by atoms with E-state index in [1.807, 2.05) is 18.2 Å². The average molecular weight is 290 g/mol. The van der Waals surface area contributed by atoms with Crippen LogP contribution < -0.4 is 9.64 Å². The van der Waals surface area contributed by atoms with E-state index in [0.717, 1.165) is 37.4 Å². The van der Waals surface area contributed by atoms with E-state index >= 15 is 0 Å². The van der Waals surface area contributed by atoms with Crippen molar-refractivity contribution in [1.82, 2.24) is 9.97 Å². The number of nitrogens with zero attached hydrogens (tertiary/aromatic N) is 3. The van der Waals surface area contributed by atoms with Gasteiger partial charge in [0.1, 0.15) is 11.9 Å². The van der Waals surface area contributed by atoms with E-state index in [4.69, 9.17) is 16.3 Å². The number of hydrogen-bond acceptors (Lipinski definition) is 4. The van der Waals surface area contributed by atoms with E-state index in [9.17, 15) is 0 Å². The van der Waals surface area contributed by atoms with Gasteiger partial charge in [0.15, 0.2) is 0 Å². The van der Waals surface area contributed by atoms with Gasteiger partial charge in [-0.15, -0.1) is 0 Å². The largest absolute Gasteiger partial charge is 0.487 e. The summed E-state index contributed by atoms with van der Waals surface area (Å²) in [5.74, 6) is 0.820. The summed E-state index contributed by atoms with van der Waals surface area (Å²) in [7, 11) is 0. The van der Waals surface area contributed by atoms with Gasteiger partial charge in [0.2, 0.25) is 0 Å². The normalized spacial score (nSPS) is 18.9. The van der Waals surface area contributed by atoms with Crippen molar-refractivity contribution in [2.75, 3.05) is 18.0 Å². The molecule has 104 valence electrons. The quantitative estimate of drug-likeness (QED) is 0.870. The zero-order valence-corrected chi connectivity index (χ0v) is 11.8. The minimum absolute atomic E-state index is 0.164. The fourth-order valence-electron chi connectivity index (χ4n) is 2.49. The molecule has 4 nitrogen and oxygen atoms in total. The minimum Gasteiger partial charge on any atom is -0.487 e. The first kappa shape index (κ1) is 13.2. The highest BCUT2D eigenvalue weighted by molar-refractivity contribution is 6.33. The van der Waals surface area contributed by atoms with Crippen molar-refractivity contribution in [2.45, 2.75) is 18.9 Å². The van der Waals surface area contributed by atoms with Gasteiger partial charge >= 0.3 is 0 Å². The molecule has 1 saturated heterocycles. The number of halogens is 1. The molecule has 0 bridgehead atoms. The van der Waals surface area contributed by atoms with E-state index in [2.05, 4.69) is 14.9 Å². The molecule has 0 aliphatic carbocycles. The lowest BCUT2D eigenvalue weighted by Gasteiger charge is -2.34. The molecule has 20 heavy (non-hydrogen) atoms. The molecule has 2 aromatic heterocycles. The smallest absolute Gasteiger partial charge is 0.138 e. The van der Waals surface area contributed by atoms with Gasteiger partial charge < -0.3 is 9.64 Å². The van der Waals surface area contributed by atoms with Crippen LogP contribution >= 0.6 is 11.6 Å².